The molecule has 13 heteroatoms. The first kappa shape index (κ1) is 25.5. The molecule has 1 aliphatic rings. The SMILES string of the molecule is Cc1cc(C)n(-c2ccc(N3CCC(C(=O)Nc4cc(C(F)(F)F)cc(C(F)(F)F)c4)CC3)nn2)n1. The Balaban J connectivity index is 1.40. The molecule has 0 radical (unpaired) electrons. The molecule has 192 valence electrons. The first-order valence-corrected chi connectivity index (χ1v) is 11.0. The number of nitrogens with zero attached hydrogens (tertiary/aromatic N) is 5. The Morgan fingerprint density at radius 3 is 1.92 bits per heavy atom. The van der Waals surface area contributed by atoms with E-state index in [-0.39, 0.29) is 6.07 Å². The molecule has 1 amide bonds. The molecule has 0 unspecified atom stereocenters. The summed E-state index contributed by atoms with van der Waals surface area (Å²) in [4.78, 5) is 14.5. The second-order valence-corrected chi connectivity index (χ2v) is 8.63. The number of hydrogen-bond acceptors (Lipinski definition) is 5. The number of anilines is 2. The number of halogens is 6. The topological polar surface area (TPSA) is 75.9 Å². The van der Waals surface area contributed by atoms with Crippen LogP contribution in [-0.4, -0.2) is 39.0 Å². The molecule has 1 aromatic carbocycles. The van der Waals surface area contributed by atoms with Gasteiger partial charge in [0, 0.05) is 30.4 Å². The highest BCUT2D eigenvalue weighted by molar-refractivity contribution is 5.93. The highest BCUT2D eigenvalue weighted by atomic mass is 19.4. The van der Waals surface area contributed by atoms with Crippen molar-refractivity contribution in [3.8, 4) is 5.82 Å². The van der Waals surface area contributed by atoms with Crippen molar-refractivity contribution in [1.82, 2.24) is 20.0 Å². The van der Waals surface area contributed by atoms with Crippen LogP contribution in [-0.2, 0) is 17.1 Å². The van der Waals surface area contributed by atoms with E-state index in [2.05, 4.69) is 20.6 Å². The molecule has 0 aliphatic carbocycles. The molecule has 36 heavy (non-hydrogen) atoms. The van der Waals surface area contributed by atoms with E-state index < -0.39 is 41.0 Å². The monoisotopic (exact) mass is 512 g/mol. The zero-order valence-electron chi connectivity index (χ0n) is 19.3. The summed E-state index contributed by atoms with van der Waals surface area (Å²) in [6.07, 6.45) is -9.29. The van der Waals surface area contributed by atoms with E-state index in [0.717, 1.165) is 11.4 Å². The van der Waals surface area contributed by atoms with Gasteiger partial charge in [-0.05, 0) is 63.1 Å². The Hall–Kier alpha value is -3.64. The van der Waals surface area contributed by atoms with E-state index in [9.17, 15) is 31.1 Å². The van der Waals surface area contributed by atoms with Gasteiger partial charge in [-0.1, -0.05) is 0 Å². The molecule has 0 bridgehead atoms. The number of aryl methyl sites for hydroxylation is 2. The lowest BCUT2D eigenvalue weighted by Crippen LogP contribution is -2.38. The predicted octanol–water partition coefficient (Wildman–Crippen LogP) is 5.17. The fourth-order valence-electron chi connectivity index (χ4n) is 4.10. The summed E-state index contributed by atoms with van der Waals surface area (Å²) in [6, 6.07) is 6.49. The van der Waals surface area contributed by atoms with Gasteiger partial charge in [0.05, 0.1) is 16.8 Å². The lowest BCUT2D eigenvalue weighted by Gasteiger charge is -2.31. The normalized spacial score (nSPS) is 15.3. The van der Waals surface area contributed by atoms with Gasteiger partial charge in [-0.3, -0.25) is 4.79 Å². The summed E-state index contributed by atoms with van der Waals surface area (Å²) in [6.45, 7) is 4.60. The fraction of sp³-hybridized carbons (Fsp3) is 0.391. The molecule has 2 aromatic heterocycles. The molecule has 0 spiro atoms. The van der Waals surface area contributed by atoms with Crippen LogP contribution in [0.3, 0.4) is 0 Å². The summed E-state index contributed by atoms with van der Waals surface area (Å²) < 4.78 is 80.1. The van der Waals surface area contributed by atoms with Crippen LogP contribution in [0, 0.1) is 19.8 Å². The quantitative estimate of drug-likeness (QED) is 0.488. The number of carbonyl (C=O) groups excluding carboxylic acids is 1. The van der Waals surface area contributed by atoms with E-state index in [0.29, 0.717) is 49.7 Å². The van der Waals surface area contributed by atoms with Gasteiger partial charge in [-0.25, -0.2) is 4.68 Å². The standard InChI is InChI=1S/C23H22F6N6O/c1-13-9-14(2)35(33-13)20-4-3-19(31-32-20)34-7-5-15(6-8-34)21(36)30-18-11-16(22(24,25)26)10-17(12-18)23(27,28)29/h3-4,9-12,15H,5-8H2,1-2H3,(H,30,36). The molecule has 0 atom stereocenters. The molecule has 1 saturated heterocycles. The average Bonchev–Trinajstić information content (AvgIpc) is 3.15. The van der Waals surface area contributed by atoms with Crippen molar-refractivity contribution in [1.29, 1.82) is 0 Å². The van der Waals surface area contributed by atoms with Gasteiger partial charge in [0.1, 0.15) is 0 Å². The molecule has 7 nitrogen and oxygen atoms in total. The van der Waals surface area contributed by atoms with Crippen molar-refractivity contribution in [3.63, 3.8) is 0 Å². The van der Waals surface area contributed by atoms with Gasteiger partial charge in [-0.15, -0.1) is 10.2 Å². The molecule has 0 saturated carbocycles. The van der Waals surface area contributed by atoms with E-state index in [4.69, 9.17) is 0 Å². The summed E-state index contributed by atoms with van der Waals surface area (Å²) in [5, 5.41) is 15.0. The molecule has 1 aliphatic heterocycles. The minimum atomic E-state index is -4.99. The maximum atomic E-state index is 13.1. The van der Waals surface area contributed by atoms with Crippen LogP contribution in [0.4, 0.5) is 37.8 Å². The van der Waals surface area contributed by atoms with E-state index in [1.54, 1.807) is 16.8 Å². The van der Waals surface area contributed by atoms with E-state index >= 15 is 0 Å². The molecule has 4 rings (SSSR count). The lowest BCUT2D eigenvalue weighted by molar-refractivity contribution is -0.143. The van der Waals surface area contributed by atoms with Crippen LogP contribution < -0.4 is 10.2 Å². The van der Waals surface area contributed by atoms with Crippen LogP contribution in [0.5, 0.6) is 0 Å². The number of piperidine rings is 1. The van der Waals surface area contributed by atoms with Crippen molar-refractivity contribution in [3.05, 3.63) is 58.9 Å². The number of nitrogens with one attached hydrogen (secondary N) is 1. The Labute approximate surface area is 202 Å². The van der Waals surface area contributed by atoms with Gasteiger partial charge in [0.25, 0.3) is 0 Å². The number of amides is 1. The lowest BCUT2D eigenvalue weighted by atomic mass is 9.95. The summed E-state index contributed by atoms with van der Waals surface area (Å²) >= 11 is 0. The summed E-state index contributed by atoms with van der Waals surface area (Å²) in [5.41, 5.74) is -1.76. The fourth-order valence-corrected chi connectivity index (χ4v) is 4.10. The minimum absolute atomic E-state index is 0.0231. The molecular formula is C23H22F6N6O. The molecule has 1 fully saturated rings. The van der Waals surface area contributed by atoms with Crippen molar-refractivity contribution in [2.24, 2.45) is 5.92 Å². The Kier molecular flexibility index (Phi) is 6.67. The Bertz CT molecular complexity index is 1210. The number of benzene rings is 1. The van der Waals surface area contributed by atoms with Gasteiger partial charge in [0.2, 0.25) is 5.91 Å². The first-order valence-electron chi connectivity index (χ1n) is 11.0. The van der Waals surface area contributed by atoms with Crippen LogP contribution in [0.1, 0.15) is 35.4 Å². The van der Waals surface area contributed by atoms with Gasteiger partial charge >= 0.3 is 12.4 Å². The zero-order valence-corrected chi connectivity index (χ0v) is 19.3. The van der Waals surface area contributed by atoms with Gasteiger partial charge in [-0.2, -0.15) is 31.4 Å². The highest BCUT2D eigenvalue weighted by Gasteiger charge is 2.37. The van der Waals surface area contributed by atoms with Crippen LogP contribution in [0.25, 0.3) is 5.82 Å². The Morgan fingerprint density at radius 1 is 0.889 bits per heavy atom. The third-order valence-electron chi connectivity index (χ3n) is 5.91. The van der Waals surface area contributed by atoms with Crippen molar-refractivity contribution < 1.29 is 31.1 Å². The molecule has 1 N–H and O–H groups in total. The first-order chi connectivity index (χ1) is 16.8. The zero-order chi connectivity index (χ0) is 26.3. The summed E-state index contributed by atoms with van der Waals surface area (Å²) in [5.74, 6) is -0.0649. The van der Waals surface area contributed by atoms with E-state index in [1.807, 2.05) is 24.8 Å². The summed E-state index contributed by atoms with van der Waals surface area (Å²) in [7, 11) is 0. The van der Waals surface area contributed by atoms with Crippen molar-refractivity contribution in [2.45, 2.75) is 39.0 Å². The van der Waals surface area contributed by atoms with Crippen molar-refractivity contribution >= 4 is 17.4 Å². The Morgan fingerprint density at radius 2 is 1.44 bits per heavy atom. The maximum Gasteiger partial charge on any atom is 0.416 e. The largest absolute Gasteiger partial charge is 0.416 e. The third kappa shape index (κ3) is 5.60. The van der Waals surface area contributed by atoms with Crippen LogP contribution in [0.15, 0.2) is 36.4 Å². The smallest absolute Gasteiger partial charge is 0.355 e. The van der Waals surface area contributed by atoms with Crippen molar-refractivity contribution in [2.75, 3.05) is 23.3 Å². The highest BCUT2D eigenvalue weighted by Crippen LogP contribution is 2.37. The number of rotatable bonds is 4. The van der Waals surface area contributed by atoms with Crippen LogP contribution in [0.2, 0.25) is 0 Å². The average molecular weight is 512 g/mol. The third-order valence-corrected chi connectivity index (χ3v) is 5.91. The van der Waals surface area contributed by atoms with Gasteiger partial charge < -0.3 is 10.2 Å². The number of hydrogen-bond donors (Lipinski definition) is 1. The molecule has 3 heterocycles. The molecule has 3 aromatic rings. The van der Waals surface area contributed by atoms with Gasteiger partial charge in [0.15, 0.2) is 11.6 Å². The number of aromatic nitrogens is 4. The second kappa shape index (κ2) is 9.43. The van der Waals surface area contributed by atoms with Crippen LogP contribution >= 0.6 is 0 Å². The maximum absolute atomic E-state index is 13.1. The minimum Gasteiger partial charge on any atom is -0.355 e. The number of carbonyl (C=O) groups is 1. The molecular weight excluding hydrogens is 490 g/mol. The van der Waals surface area contributed by atoms with E-state index in [1.165, 1.54) is 0 Å². The predicted molar refractivity (Wildman–Crippen MR) is 119 cm³/mol. The second-order valence-electron chi connectivity index (χ2n) is 8.63. The number of alkyl halides is 6.